The Labute approximate surface area is 117 Å². The molecular weight excluding hydrogens is 252 g/mol. The molecule has 20 heavy (non-hydrogen) atoms. The van der Waals surface area contributed by atoms with Gasteiger partial charge in [-0.05, 0) is 37.1 Å². The number of nitrogens with zero attached hydrogens (tertiary/aromatic N) is 2. The summed E-state index contributed by atoms with van der Waals surface area (Å²) in [5.41, 5.74) is 2.27. The smallest absolute Gasteiger partial charge is 0.268 e. The molecule has 0 aliphatic heterocycles. The molecule has 0 atom stereocenters. The van der Waals surface area contributed by atoms with Crippen molar-refractivity contribution in [3.8, 4) is 22.9 Å². The maximum absolute atomic E-state index is 12.1. The van der Waals surface area contributed by atoms with Gasteiger partial charge in [-0.25, -0.2) is 0 Å². The first-order valence-corrected chi connectivity index (χ1v) is 6.42. The van der Waals surface area contributed by atoms with E-state index < -0.39 is 0 Å². The number of rotatable bonds is 3. The van der Waals surface area contributed by atoms with E-state index in [-0.39, 0.29) is 11.1 Å². The SMILES string of the molecule is CCOc1cccc(-c2c(C)cn(C)c(=O)c2C#N)c1. The molecule has 102 valence electrons. The zero-order chi connectivity index (χ0) is 14.7. The lowest BCUT2D eigenvalue weighted by Crippen LogP contribution is -2.20. The number of hydrogen-bond acceptors (Lipinski definition) is 3. The Morgan fingerprint density at radius 3 is 2.80 bits per heavy atom. The van der Waals surface area contributed by atoms with Gasteiger partial charge in [0, 0.05) is 18.8 Å². The molecule has 0 fully saturated rings. The Morgan fingerprint density at radius 1 is 1.40 bits per heavy atom. The van der Waals surface area contributed by atoms with Crippen LogP contribution in [0.2, 0.25) is 0 Å². The van der Waals surface area contributed by atoms with Crippen LogP contribution in [0.25, 0.3) is 11.1 Å². The zero-order valence-electron chi connectivity index (χ0n) is 11.8. The minimum atomic E-state index is -0.282. The summed E-state index contributed by atoms with van der Waals surface area (Å²) in [6.45, 7) is 4.38. The minimum Gasteiger partial charge on any atom is -0.494 e. The van der Waals surface area contributed by atoms with Crippen LogP contribution in [0.4, 0.5) is 0 Å². The van der Waals surface area contributed by atoms with Gasteiger partial charge in [-0.1, -0.05) is 12.1 Å². The van der Waals surface area contributed by atoms with Gasteiger partial charge in [0.2, 0.25) is 0 Å². The Kier molecular flexibility index (Phi) is 3.90. The molecule has 4 nitrogen and oxygen atoms in total. The van der Waals surface area contributed by atoms with Crippen molar-refractivity contribution < 1.29 is 4.74 Å². The molecule has 0 saturated heterocycles. The topological polar surface area (TPSA) is 55.0 Å². The van der Waals surface area contributed by atoms with Gasteiger partial charge in [-0.15, -0.1) is 0 Å². The third kappa shape index (κ3) is 2.43. The van der Waals surface area contributed by atoms with E-state index in [0.29, 0.717) is 12.2 Å². The monoisotopic (exact) mass is 268 g/mol. The lowest BCUT2D eigenvalue weighted by molar-refractivity contribution is 0.340. The summed E-state index contributed by atoms with van der Waals surface area (Å²) in [4.78, 5) is 12.1. The van der Waals surface area contributed by atoms with E-state index in [1.165, 1.54) is 4.57 Å². The maximum Gasteiger partial charge on any atom is 0.268 e. The molecular formula is C16H16N2O2. The van der Waals surface area contributed by atoms with Gasteiger partial charge in [-0.3, -0.25) is 4.79 Å². The van der Waals surface area contributed by atoms with Crippen LogP contribution in [0, 0.1) is 18.3 Å². The van der Waals surface area contributed by atoms with Crippen molar-refractivity contribution in [1.29, 1.82) is 5.26 Å². The Bertz CT molecular complexity index is 739. The number of hydrogen-bond donors (Lipinski definition) is 0. The predicted octanol–water partition coefficient (Wildman–Crippen LogP) is 2.63. The predicted molar refractivity (Wildman–Crippen MR) is 77.7 cm³/mol. The van der Waals surface area contributed by atoms with Crippen LogP contribution in [-0.4, -0.2) is 11.2 Å². The summed E-state index contributed by atoms with van der Waals surface area (Å²) in [6, 6.07) is 9.47. The van der Waals surface area contributed by atoms with Crippen LogP contribution in [0.15, 0.2) is 35.3 Å². The highest BCUT2D eigenvalue weighted by atomic mass is 16.5. The van der Waals surface area contributed by atoms with E-state index in [1.54, 1.807) is 13.2 Å². The van der Waals surface area contributed by atoms with Crippen molar-refractivity contribution >= 4 is 0 Å². The molecule has 1 heterocycles. The molecule has 0 aliphatic rings. The summed E-state index contributed by atoms with van der Waals surface area (Å²) < 4.78 is 6.90. The molecule has 2 rings (SSSR count). The third-order valence-corrected chi connectivity index (χ3v) is 3.11. The molecule has 2 aromatic rings. The highest BCUT2D eigenvalue weighted by Crippen LogP contribution is 2.28. The number of ether oxygens (including phenoxy) is 1. The van der Waals surface area contributed by atoms with Crippen molar-refractivity contribution in [3.05, 3.63) is 51.9 Å². The van der Waals surface area contributed by atoms with Gasteiger partial charge in [0.25, 0.3) is 5.56 Å². The minimum absolute atomic E-state index is 0.168. The van der Waals surface area contributed by atoms with Crippen LogP contribution < -0.4 is 10.3 Å². The van der Waals surface area contributed by atoms with Gasteiger partial charge >= 0.3 is 0 Å². The number of aryl methyl sites for hydroxylation is 2. The van der Waals surface area contributed by atoms with Gasteiger partial charge < -0.3 is 9.30 Å². The van der Waals surface area contributed by atoms with E-state index >= 15 is 0 Å². The molecule has 4 heteroatoms. The zero-order valence-corrected chi connectivity index (χ0v) is 11.8. The van der Waals surface area contributed by atoms with Crippen molar-refractivity contribution in [2.24, 2.45) is 7.05 Å². The summed E-state index contributed by atoms with van der Waals surface area (Å²) in [6.07, 6.45) is 1.74. The number of nitriles is 1. The van der Waals surface area contributed by atoms with E-state index in [4.69, 9.17) is 4.74 Å². The summed E-state index contributed by atoms with van der Waals surface area (Å²) in [5.74, 6) is 0.731. The van der Waals surface area contributed by atoms with Crippen LogP contribution in [-0.2, 0) is 7.05 Å². The molecule has 0 saturated carbocycles. The molecule has 0 bridgehead atoms. The van der Waals surface area contributed by atoms with Crippen LogP contribution in [0.5, 0.6) is 5.75 Å². The molecule has 0 radical (unpaired) electrons. The fourth-order valence-electron chi connectivity index (χ4n) is 2.28. The average molecular weight is 268 g/mol. The van der Waals surface area contributed by atoms with Crippen molar-refractivity contribution in [2.45, 2.75) is 13.8 Å². The van der Waals surface area contributed by atoms with Crippen molar-refractivity contribution in [1.82, 2.24) is 4.57 Å². The fraction of sp³-hybridized carbons (Fsp3) is 0.250. The second kappa shape index (κ2) is 5.62. The van der Waals surface area contributed by atoms with E-state index in [0.717, 1.165) is 16.9 Å². The summed E-state index contributed by atoms with van der Waals surface area (Å²) >= 11 is 0. The molecule has 1 aromatic heterocycles. The number of pyridine rings is 1. The highest BCUT2D eigenvalue weighted by molar-refractivity contribution is 5.74. The van der Waals surface area contributed by atoms with Gasteiger partial charge in [0.15, 0.2) is 0 Å². The molecule has 1 aromatic carbocycles. The van der Waals surface area contributed by atoms with Crippen molar-refractivity contribution in [3.63, 3.8) is 0 Å². The Hall–Kier alpha value is -2.54. The van der Waals surface area contributed by atoms with E-state index in [1.807, 2.05) is 44.2 Å². The first-order chi connectivity index (χ1) is 9.58. The standard InChI is InChI=1S/C16H16N2O2/c1-4-20-13-7-5-6-12(8-13)15-11(2)10-18(3)16(19)14(15)9-17/h5-8,10H,4H2,1-3H3. The molecule has 0 spiro atoms. The van der Waals surface area contributed by atoms with Crippen LogP contribution >= 0.6 is 0 Å². The van der Waals surface area contributed by atoms with Gasteiger partial charge in [0.05, 0.1) is 6.61 Å². The Balaban J connectivity index is 2.70. The molecule has 0 N–H and O–H groups in total. The first-order valence-electron chi connectivity index (χ1n) is 6.42. The average Bonchev–Trinajstić information content (AvgIpc) is 2.43. The Morgan fingerprint density at radius 2 is 2.15 bits per heavy atom. The number of benzene rings is 1. The number of aromatic nitrogens is 1. The maximum atomic E-state index is 12.1. The lowest BCUT2D eigenvalue weighted by Gasteiger charge is -2.11. The van der Waals surface area contributed by atoms with E-state index in [9.17, 15) is 10.1 Å². The second-order valence-electron chi connectivity index (χ2n) is 4.55. The first kappa shape index (κ1) is 13.9. The van der Waals surface area contributed by atoms with Crippen LogP contribution in [0.1, 0.15) is 18.1 Å². The van der Waals surface area contributed by atoms with E-state index in [2.05, 4.69) is 0 Å². The summed E-state index contributed by atoms with van der Waals surface area (Å²) in [5, 5.41) is 9.29. The van der Waals surface area contributed by atoms with Gasteiger partial charge in [-0.2, -0.15) is 5.26 Å². The third-order valence-electron chi connectivity index (χ3n) is 3.11. The summed E-state index contributed by atoms with van der Waals surface area (Å²) in [7, 11) is 1.65. The highest BCUT2D eigenvalue weighted by Gasteiger charge is 2.14. The van der Waals surface area contributed by atoms with Crippen LogP contribution in [0.3, 0.4) is 0 Å². The second-order valence-corrected chi connectivity index (χ2v) is 4.55. The fourth-order valence-corrected chi connectivity index (χ4v) is 2.28. The lowest BCUT2D eigenvalue weighted by atomic mass is 9.97. The van der Waals surface area contributed by atoms with Gasteiger partial charge in [0.1, 0.15) is 17.4 Å². The van der Waals surface area contributed by atoms with Crippen molar-refractivity contribution in [2.75, 3.05) is 6.61 Å². The normalized spacial score (nSPS) is 10.1. The molecule has 0 aliphatic carbocycles. The molecule has 0 amide bonds. The quantitative estimate of drug-likeness (QED) is 0.859. The molecule has 0 unspecified atom stereocenters. The largest absolute Gasteiger partial charge is 0.494 e.